The second kappa shape index (κ2) is 6.49. The van der Waals surface area contributed by atoms with Gasteiger partial charge in [0.05, 0.1) is 0 Å². The van der Waals surface area contributed by atoms with Crippen LogP contribution in [-0.2, 0) is 6.54 Å². The van der Waals surface area contributed by atoms with Crippen LogP contribution >= 0.6 is 0 Å². The summed E-state index contributed by atoms with van der Waals surface area (Å²) in [5, 5.41) is 7.15. The lowest BCUT2D eigenvalue weighted by Crippen LogP contribution is -2.41. The molecule has 3 rings (SSSR count). The first-order chi connectivity index (χ1) is 11.0. The van der Waals surface area contributed by atoms with Gasteiger partial charge in [-0.1, -0.05) is 0 Å². The van der Waals surface area contributed by atoms with Crippen LogP contribution in [0.3, 0.4) is 0 Å². The largest absolute Gasteiger partial charge is 0.328 e. The van der Waals surface area contributed by atoms with Crippen LogP contribution in [-0.4, -0.2) is 49.3 Å². The standard InChI is InChI=1S/C15H22N6O2/c1-10-8-13(22)21(15(23)16-10)7-6-20-5-3-4-12(9-20)14-17-11(2)18-19-14/h8,12H,3-7,9H2,1-2H3,(H,16,23)(H,17,18,19)/t12-/m0/s1. The molecule has 1 aliphatic rings. The summed E-state index contributed by atoms with van der Waals surface area (Å²) < 4.78 is 1.26. The zero-order valence-electron chi connectivity index (χ0n) is 13.5. The summed E-state index contributed by atoms with van der Waals surface area (Å²) in [5.41, 5.74) is 0.00631. The Hall–Kier alpha value is -2.22. The third-order valence-electron chi connectivity index (χ3n) is 4.28. The molecule has 0 aromatic carbocycles. The van der Waals surface area contributed by atoms with E-state index in [2.05, 4.69) is 25.1 Å². The summed E-state index contributed by atoms with van der Waals surface area (Å²) in [7, 11) is 0. The maximum Gasteiger partial charge on any atom is 0.328 e. The highest BCUT2D eigenvalue weighted by Gasteiger charge is 2.24. The van der Waals surface area contributed by atoms with E-state index in [1.807, 2.05) is 6.92 Å². The monoisotopic (exact) mass is 318 g/mol. The minimum Gasteiger partial charge on any atom is -0.311 e. The molecule has 1 aliphatic heterocycles. The molecule has 2 aromatic heterocycles. The molecule has 1 atom stereocenters. The number of nitrogens with one attached hydrogen (secondary N) is 2. The molecule has 8 nitrogen and oxygen atoms in total. The van der Waals surface area contributed by atoms with E-state index in [1.165, 1.54) is 10.6 Å². The topological polar surface area (TPSA) is 99.7 Å². The fourth-order valence-electron chi connectivity index (χ4n) is 3.10. The minimum atomic E-state index is -0.340. The van der Waals surface area contributed by atoms with Crippen molar-refractivity contribution in [2.75, 3.05) is 19.6 Å². The van der Waals surface area contributed by atoms with Gasteiger partial charge in [0.15, 0.2) is 5.82 Å². The molecule has 2 N–H and O–H groups in total. The fourth-order valence-corrected chi connectivity index (χ4v) is 3.10. The molecule has 0 bridgehead atoms. The molecule has 0 aliphatic carbocycles. The molecular formula is C15H22N6O2. The zero-order valence-corrected chi connectivity index (χ0v) is 13.5. The van der Waals surface area contributed by atoms with Crippen molar-refractivity contribution in [1.29, 1.82) is 0 Å². The van der Waals surface area contributed by atoms with Crippen molar-refractivity contribution in [3.63, 3.8) is 0 Å². The second-order valence-corrected chi connectivity index (χ2v) is 6.17. The quantitative estimate of drug-likeness (QED) is 0.836. The lowest BCUT2D eigenvalue weighted by atomic mass is 9.97. The molecule has 0 unspecified atom stereocenters. The Kier molecular flexibility index (Phi) is 4.42. The van der Waals surface area contributed by atoms with Crippen LogP contribution in [0.4, 0.5) is 0 Å². The summed E-state index contributed by atoms with van der Waals surface area (Å²) in [4.78, 5) is 33.2. The highest BCUT2D eigenvalue weighted by molar-refractivity contribution is 5.00. The minimum absolute atomic E-state index is 0.246. The average Bonchev–Trinajstić information content (AvgIpc) is 2.93. The van der Waals surface area contributed by atoms with Gasteiger partial charge in [-0.15, -0.1) is 0 Å². The van der Waals surface area contributed by atoms with E-state index in [0.29, 0.717) is 24.7 Å². The maximum absolute atomic E-state index is 11.9. The molecule has 3 heterocycles. The molecule has 23 heavy (non-hydrogen) atoms. The van der Waals surface area contributed by atoms with Gasteiger partial charge in [-0.3, -0.25) is 14.5 Å². The Labute approximate surface area is 133 Å². The van der Waals surface area contributed by atoms with Crippen molar-refractivity contribution in [2.24, 2.45) is 0 Å². The maximum atomic E-state index is 11.9. The third-order valence-corrected chi connectivity index (χ3v) is 4.28. The average molecular weight is 318 g/mol. The van der Waals surface area contributed by atoms with Crippen molar-refractivity contribution in [3.05, 3.63) is 44.2 Å². The van der Waals surface area contributed by atoms with Crippen LogP contribution in [0.25, 0.3) is 0 Å². The highest BCUT2D eigenvalue weighted by Crippen LogP contribution is 2.24. The van der Waals surface area contributed by atoms with Crippen molar-refractivity contribution in [1.82, 2.24) is 29.6 Å². The molecule has 0 saturated carbocycles. The van der Waals surface area contributed by atoms with Gasteiger partial charge >= 0.3 is 5.69 Å². The summed E-state index contributed by atoms with van der Waals surface area (Å²) in [6.45, 7) is 6.50. The highest BCUT2D eigenvalue weighted by atomic mass is 16.2. The molecular weight excluding hydrogens is 296 g/mol. The van der Waals surface area contributed by atoms with Crippen LogP contribution < -0.4 is 11.2 Å². The Balaban J connectivity index is 1.65. The number of piperidine rings is 1. The number of likely N-dealkylation sites (tertiary alicyclic amines) is 1. The number of rotatable bonds is 4. The van der Waals surface area contributed by atoms with Crippen molar-refractivity contribution in [3.8, 4) is 0 Å². The number of H-pyrrole nitrogens is 2. The third kappa shape index (κ3) is 3.58. The van der Waals surface area contributed by atoms with Crippen molar-refractivity contribution in [2.45, 2.75) is 39.2 Å². The molecule has 0 radical (unpaired) electrons. The first kappa shape index (κ1) is 15.7. The van der Waals surface area contributed by atoms with E-state index in [1.54, 1.807) is 6.92 Å². The summed E-state index contributed by atoms with van der Waals surface area (Å²) in [5.74, 6) is 1.99. The van der Waals surface area contributed by atoms with E-state index >= 15 is 0 Å². The van der Waals surface area contributed by atoms with E-state index < -0.39 is 0 Å². The normalized spacial score (nSPS) is 19.1. The van der Waals surface area contributed by atoms with Gasteiger partial charge in [0.1, 0.15) is 5.82 Å². The predicted octanol–water partition coefficient (Wildman–Crippen LogP) is 0.151. The fraction of sp³-hybridized carbons (Fsp3) is 0.600. The summed E-state index contributed by atoms with van der Waals surface area (Å²) in [6, 6.07) is 1.46. The number of aromatic nitrogens is 5. The first-order valence-corrected chi connectivity index (χ1v) is 7.95. The van der Waals surface area contributed by atoms with Crippen LogP contribution in [0.1, 0.15) is 36.1 Å². The van der Waals surface area contributed by atoms with Crippen molar-refractivity contribution >= 4 is 0 Å². The predicted molar refractivity (Wildman–Crippen MR) is 85.6 cm³/mol. The molecule has 1 fully saturated rings. The number of aryl methyl sites for hydroxylation is 2. The molecule has 124 valence electrons. The second-order valence-electron chi connectivity index (χ2n) is 6.17. The summed E-state index contributed by atoms with van der Waals surface area (Å²) >= 11 is 0. The molecule has 0 spiro atoms. The first-order valence-electron chi connectivity index (χ1n) is 7.95. The number of aromatic amines is 2. The zero-order chi connectivity index (χ0) is 16.4. The van der Waals surface area contributed by atoms with Gasteiger partial charge in [0.2, 0.25) is 0 Å². The van der Waals surface area contributed by atoms with Crippen molar-refractivity contribution < 1.29 is 0 Å². The Morgan fingerprint density at radius 3 is 2.83 bits per heavy atom. The van der Waals surface area contributed by atoms with Gasteiger partial charge < -0.3 is 9.88 Å². The Bertz CT molecular complexity index is 759. The SMILES string of the molecule is Cc1cc(=O)n(CCN2CCC[C@H](c3n[nH]c(C)n3)C2)c(=O)[nH]1. The molecule has 2 aromatic rings. The summed E-state index contributed by atoms with van der Waals surface area (Å²) in [6.07, 6.45) is 2.14. The van der Waals surface area contributed by atoms with Gasteiger partial charge in [-0.05, 0) is 33.2 Å². The number of nitrogens with zero attached hydrogens (tertiary/aromatic N) is 4. The lowest BCUT2D eigenvalue weighted by molar-refractivity contribution is 0.196. The smallest absolute Gasteiger partial charge is 0.311 e. The number of hydrogen-bond donors (Lipinski definition) is 2. The van der Waals surface area contributed by atoms with Gasteiger partial charge in [-0.25, -0.2) is 9.78 Å². The van der Waals surface area contributed by atoms with E-state index in [0.717, 1.165) is 37.6 Å². The van der Waals surface area contributed by atoms with Crippen LogP contribution in [0.15, 0.2) is 15.7 Å². The van der Waals surface area contributed by atoms with E-state index in [-0.39, 0.29) is 11.2 Å². The van der Waals surface area contributed by atoms with E-state index in [9.17, 15) is 9.59 Å². The Morgan fingerprint density at radius 1 is 1.30 bits per heavy atom. The van der Waals surface area contributed by atoms with Gasteiger partial charge in [0.25, 0.3) is 5.56 Å². The molecule has 8 heteroatoms. The number of hydrogen-bond acceptors (Lipinski definition) is 5. The molecule has 0 amide bonds. The van der Waals surface area contributed by atoms with E-state index in [4.69, 9.17) is 0 Å². The van der Waals surface area contributed by atoms with Crippen LogP contribution in [0, 0.1) is 13.8 Å². The molecule has 1 saturated heterocycles. The van der Waals surface area contributed by atoms with Gasteiger partial charge in [0, 0.05) is 37.3 Å². The Morgan fingerprint density at radius 2 is 2.13 bits per heavy atom. The van der Waals surface area contributed by atoms with Crippen LogP contribution in [0.5, 0.6) is 0 Å². The lowest BCUT2D eigenvalue weighted by Gasteiger charge is -2.31. The van der Waals surface area contributed by atoms with Crippen LogP contribution in [0.2, 0.25) is 0 Å². The van der Waals surface area contributed by atoms with Gasteiger partial charge in [-0.2, -0.15) is 5.10 Å².